The van der Waals surface area contributed by atoms with E-state index in [2.05, 4.69) is 17.2 Å². The standard InChI is InChI=1S/C22H24FN3O4/c1-4-11-26-17(19(28)25-12-13-5-7-14(23)8-6-13)22-10-9-21(2,30-22)15(18(27)24-3)16(22)20(26)29/h4-10,15-17H,1,11-12H2,2-3H3,(H,24,27)(H,25,28)/t15-,16+,17+,21-,22+/m1/s1. The van der Waals surface area contributed by atoms with Gasteiger partial charge < -0.3 is 20.3 Å². The summed E-state index contributed by atoms with van der Waals surface area (Å²) in [6.45, 7) is 5.78. The van der Waals surface area contributed by atoms with Gasteiger partial charge in [0.05, 0.1) is 17.4 Å². The van der Waals surface area contributed by atoms with Crippen molar-refractivity contribution in [1.29, 1.82) is 0 Å². The molecule has 0 unspecified atom stereocenters. The second kappa shape index (κ2) is 7.05. The maximum Gasteiger partial charge on any atom is 0.246 e. The van der Waals surface area contributed by atoms with Gasteiger partial charge in [-0.2, -0.15) is 0 Å². The molecule has 4 rings (SSSR count). The number of amides is 3. The van der Waals surface area contributed by atoms with E-state index in [4.69, 9.17) is 4.74 Å². The normalized spacial score (nSPS) is 33.5. The van der Waals surface area contributed by atoms with E-state index in [0.717, 1.165) is 5.56 Å². The molecular formula is C22H24FN3O4. The van der Waals surface area contributed by atoms with Gasteiger partial charge in [0.2, 0.25) is 17.7 Å². The second-order valence-corrected chi connectivity index (χ2v) is 8.07. The van der Waals surface area contributed by atoms with Crippen molar-refractivity contribution >= 4 is 17.7 Å². The summed E-state index contributed by atoms with van der Waals surface area (Å²) in [4.78, 5) is 40.6. The quantitative estimate of drug-likeness (QED) is 0.679. The van der Waals surface area contributed by atoms with E-state index >= 15 is 0 Å². The molecule has 158 valence electrons. The van der Waals surface area contributed by atoms with E-state index in [0.29, 0.717) is 0 Å². The van der Waals surface area contributed by atoms with Gasteiger partial charge in [0.15, 0.2) is 0 Å². The third-order valence-corrected chi connectivity index (χ3v) is 6.28. The number of carbonyl (C=O) groups is 3. The molecule has 3 heterocycles. The van der Waals surface area contributed by atoms with Crippen LogP contribution in [0.2, 0.25) is 0 Å². The van der Waals surface area contributed by atoms with Crippen LogP contribution in [0.3, 0.4) is 0 Å². The number of nitrogens with zero attached hydrogens (tertiary/aromatic N) is 1. The van der Waals surface area contributed by atoms with Crippen LogP contribution in [0.25, 0.3) is 0 Å². The Morgan fingerprint density at radius 2 is 1.97 bits per heavy atom. The molecule has 3 aliphatic rings. The monoisotopic (exact) mass is 413 g/mol. The molecule has 2 fully saturated rings. The molecule has 8 heteroatoms. The first kappa shape index (κ1) is 20.3. The summed E-state index contributed by atoms with van der Waals surface area (Å²) >= 11 is 0. The Morgan fingerprint density at radius 1 is 1.27 bits per heavy atom. The van der Waals surface area contributed by atoms with Crippen LogP contribution in [0.15, 0.2) is 49.1 Å². The van der Waals surface area contributed by atoms with Crippen molar-refractivity contribution in [3.63, 3.8) is 0 Å². The van der Waals surface area contributed by atoms with Gasteiger partial charge in [-0.05, 0) is 24.6 Å². The minimum Gasteiger partial charge on any atom is -0.359 e. The molecule has 5 atom stereocenters. The summed E-state index contributed by atoms with van der Waals surface area (Å²) < 4.78 is 19.4. The third-order valence-electron chi connectivity index (χ3n) is 6.28. The molecule has 0 radical (unpaired) electrons. The maximum absolute atomic E-state index is 13.3. The fourth-order valence-corrected chi connectivity index (χ4v) is 5.01. The number of hydrogen-bond donors (Lipinski definition) is 2. The molecule has 2 N–H and O–H groups in total. The average Bonchev–Trinajstić information content (AvgIpc) is 3.28. The van der Waals surface area contributed by atoms with Crippen LogP contribution in [-0.4, -0.2) is 53.5 Å². The minimum absolute atomic E-state index is 0.153. The van der Waals surface area contributed by atoms with E-state index < -0.39 is 35.0 Å². The molecule has 3 amide bonds. The van der Waals surface area contributed by atoms with Crippen molar-refractivity contribution in [2.45, 2.75) is 30.7 Å². The van der Waals surface area contributed by atoms with E-state index in [9.17, 15) is 18.8 Å². The molecule has 1 spiro atoms. The van der Waals surface area contributed by atoms with Crippen molar-refractivity contribution in [3.8, 4) is 0 Å². The SMILES string of the molecule is C=CCN1C(=O)[C@@H]2[C@H](C(=O)NC)[C@@]3(C)C=C[C@@]2(O3)[C@@H]1C(=O)NCc1ccc(F)cc1. The highest BCUT2D eigenvalue weighted by Gasteiger charge is 2.75. The Balaban J connectivity index is 1.66. The molecule has 2 saturated heterocycles. The summed E-state index contributed by atoms with van der Waals surface area (Å²) in [6, 6.07) is 4.86. The Hall–Kier alpha value is -3.00. The van der Waals surface area contributed by atoms with Crippen molar-refractivity contribution in [2.75, 3.05) is 13.6 Å². The van der Waals surface area contributed by atoms with Gasteiger partial charge in [0, 0.05) is 20.1 Å². The molecule has 0 aromatic heterocycles. The lowest BCUT2D eigenvalue weighted by atomic mass is 9.70. The third kappa shape index (κ3) is 2.78. The van der Waals surface area contributed by atoms with Gasteiger partial charge in [-0.3, -0.25) is 14.4 Å². The minimum atomic E-state index is -1.22. The zero-order chi connectivity index (χ0) is 21.7. The van der Waals surface area contributed by atoms with Crippen molar-refractivity contribution in [1.82, 2.24) is 15.5 Å². The first-order valence-corrected chi connectivity index (χ1v) is 9.83. The predicted octanol–water partition coefficient (Wildman–Crippen LogP) is 0.915. The highest BCUT2D eigenvalue weighted by atomic mass is 19.1. The molecule has 7 nitrogen and oxygen atoms in total. The van der Waals surface area contributed by atoms with Gasteiger partial charge in [-0.25, -0.2) is 4.39 Å². The van der Waals surface area contributed by atoms with E-state index in [1.807, 2.05) is 0 Å². The lowest BCUT2D eigenvalue weighted by Crippen LogP contribution is -2.54. The van der Waals surface area contributed by atoms with Gasteiger partial charge in [0.1, 0.15) is 17.5 Å². The number of benzene rings is 1. The number of nitrogens with one attached hydrogen (secondary N) is 2. The topological polar surface area (TPSA) is 87.7 Å². The number of ether oxygens (including phenoxy) is 1. The lowest BCUT2D eigenvalue weighted by Gasteiger charge is -2.32. The van der Waals surface area contributed by atoms with Gasteiger partial charge in [0.25, 0.3) is 0 Å². The Morgan fingerprint density at radius 3 is 2.60 bits per heavy atom. The van der Waals surface area contributed by atoms with Crippen molar-refractivity contribution in [3.05, 3.63) is 60.5 Å². The van der Waals surface area contributed by atoms with E-state index in [1.165, 1.54) is 24.1 Å². The Kier molecular flexibility index (Phi) is 4.77. The van der Waals surface area contributed by atoms with Gasteiger partial charge in [-0.1, -0.05) is 30.4 Å². The Labute approximate surface area is 173 Å². The summed E-state index contributed by atoms with van der Waals surface area (Å²) in [5.74, 6) is -2.90. The van der Waals surface area contributed by atoms with Crippen LogP contribution in [0.1, 0.15) is 12.5 Å². The zero-order valence-corrected chi connectivity index (χ0v) is 16.9. The van der Waals surface area contributed by atoms with Crippen molar-refractivity contribution < 1.29 is 23.5 Å². The largest absolute Gasteiger partial charge is 0.359 e. The molecule has 0 saturated carbocycles. The number of rotatable bonds is 6. The number of carbonyl (C=O) groups excluding carboxylic acids is 3. The highest BCUT2D eigenvalue weighted by molar-refractivity contribution is 6.00. The van der Waals surface area contributed by atoms with Gasteiger partial charge >= 0.3 is 0 Å². The van der Waals surface area contributed by atoms with Crippen LogP contribution < -0.4 is 10.6 Å². The molecule has 30 heavy (non-hydrogen) atoms. The Bertz CT molecular complexity index is 946. The lowest BCUT2D eigenvalue weighted by molar-refractivity contribution is -0.144. The first-order chi connectivity index (χ1) is 14.3. The number of fused-ring (bicyclic) bond motifs is 1. The fraction of sp³-hybridized carbons (Fsp3) is 0.409. The first-order valence-electron chi connectivity index (χ1n) is 9.83. The van der Waals surface area contributed by atoms with Crippen molar-refractivity contribution in [2.24, 2.45) is 11.8 Å². The summed E-state index contributed by atoms with van der Waals surface area (Å²) in [5, 5.41) is 5.44. The summed E-state index contributed by atoms with van der Waals surface area (Å²) in [6.07, 6.45) is 5.07. The molecular weight excluding hydrogens is 389 g/mol. The molecule has 1 aromatic carbocycles. The predicted molar refractivity (Wildman–Crippen MR) is 106 cm³/mol. The summed E-state index contributed by atoms with van der Waals surface area (Å²) in [5.41, 5.74) is -1.46. The highest BCUT2D eigenvalue weighted by Crippen LogP contribution is 2.59. The van der Waals surface area contributed by atoms with E-state index in [-0.39, 0.29) is 30.7 Å². The number of halogens is 1. The van der Waals surface area contributed by atoms with Crippen LogP contribution >= 0.6 is 0 Å². The molecule has 0 aliphatic carbocycles. The summed E-state index contributed by atoms with van der Waals surface area (Å²) in [7, 11) is 1.52. The molecule has 1 aromatic rings. The fourth-order valence-electron chi connectivity index (χ4n) is 5.01. The van der Waals surface area contributed by atoms with Crippen LogP contribution in [0.4, 0.5) is 4.39 Å². The smallest absolute Gasteiger partial charge is 0.246 e. The zero-order valence-electron chi connectivity index (χ0n) is 16.9. The van der Waals surface area contributed by atoms with Gasteiger partial charge in [-0.15, -0.1) is 6.58 Å². The van der Waals surface area contributed by atoms with E-state index in [1.54, 1.807) is 37.3 Å². The van der Waals surface area contributed by atoms with Crippen LogP contribution in [0, 0.1) is 17.7 Å². The maximum atomic E-state index is 13.3. The molecule has 3 aliphatic heterocycles. The average molecular weight is 413 g/mol. The second-order valence-electron chi connectivity index (χ2n) is 8.07. The molecule has 2 bridgehead atoms. The van der Waals surface area contributed by atoms with Crippen LogP contribution in [-0.2, 0) is 25.7 Å². The number of likely N-dealkylation sites (tertiary alicyclic amines) is 1. The number of hydrogen-bond acceptors (Lipinski definition) is 4. The van der Waals surface area contributed by atoms with Crippen LogP contribution in [0.5, 0.6) is 0 Å².